The van der Waals surface area contributed by atoms with Gasteiger partial charge >= 0.3 is 5.97 Å². The molecule has 1 atom stereocenters. The molecular formula is C11H11NO4. The highest BCUT2D eigenvalue weighted by molar-refractivity contribution is 5.87. The average molecular weight is 221 g/mol. The van der Waals surface area contributed by atoms with Crippen LogP contribution in [0.2, 0.25) is 0 Å². The third-order valence-electron chi connectivity index (χ3n) is 2.37. The number of phenols is 1. The Labute approximate surface area is 91.3 Å². The number of H-pyrrole nitrogens is 1. The molecule has 1 aromatic heterocycles. The molecule has 0 bridgehead atoms. The van der Waals surface area contributed by atoms with Crippen LogP contribution in [0.4, 0.5) is 0 Å². The van der Waals surface area contributed by atoms with E-state index in [-0.39, 0.29) is 5.75 Å². The lowest BCUT2D eigenvalue weighted by atomic mass is 10.2. The van der Waals surface area contributed by atoms with Crippen molar-refractivity contribution in [1.29, 1.82) is 0 Å². The number of carbonyl (C=O) groups excluding carboxylic acids is 1. The number of benzene rings is 1. The van der Waals surface area contributed by atoms with Gasteiger partial charge in [-0.2, -0.15) is 0 Å². The smallest absolute Gasteiger partial charge is 0.340 e. The summed E-state index contributed by atoms with van der Waals surface area (Å²) in [5.74, 6) is -0.674. The summed E-state index contributed by atoms with van der Waals surface area (Å²) in [6.07, 6.45) is -1.36. The molecule has 16 heavy (non-hydrogen) atoms. The summed E-state index contributed by atoms with van der Waals surface area (Å²) < 4.78 is 4.42. The molecule has 0 radical (unpaired) electrons. The van der Waals surface area contributed by atoms with Crippen LogP contribution in [0.15, 0.2) is 24.3 Å². The first-order chi connectivity index (χ1) is 7.63. The van der Waals surface area contributed by atoms with E-state index < -0.39 is 12.1 Å². The summed E-state index contributed by atoms with van der Waals surface area (Å²) in [7, 11) is 1.20. The Balaban J connectivity index is 2.47. The van der Waals surface area contributed by atoms with Gasteiger partial charge in [-0.3, -0.25) is 0 Å². The molecule has 0 spiro atoms. The molecule has 0 saturated carbocycles. The predicted molar refractivity (Wildman–Crippen MR) is 56.9 cm³/mol. The molecule has 84 valence electrons. The van der Waals surface area contributed by atoms with Gasteiger partial charge in [-0.25, -0.2) is 4.79 Å². The van der Waals surface area contributed by atoms with Crippen LogP contribution < -0.4 is 0 Å². The van der Waals surface area contributed by atoms with Crippen molar-refractivity contribution in [2.24, 2.45) is 0 Å². The molecule has 0 aliphatic carbocycles. The minimum atomic E-state index is -1.36. The number of hydrogen-bond acceptors (Lipinski definition) is 4. The lowest BCUT2D eigenvalue weighted by Crippen LogP contribution is -2.13. The first kappa shape index (κ1) is 10.5. The van der Waals surface area contributed by atoms with E-state index in [0.29, 0.717) is 11.2 Å². The largest absolute Gasteiger partial charge is 0.506 e. The Kier molecular flexibility index (Phi) is 2.54. The summed E-state index contributed by atoms with van der Waals surface area (Å²) in [6, 6.07) is 6.56. The molecule has 1 aromatic carbocycles. The summed E-state index contributed by atoms with van der Waals surface area (Å²) >= 11 is 0. The number of aliphatic hydroxyl groups excluding tert-OH is 1. The van der Waals surface area contributed by atoms with Crippen LogP contribution in [-0.4, -0.2) is 28.3 Å². The second kappa shape index (κ2) is 3.86. The van der Waals surface area contributed by atoms with Gasteiger partial charge in [0, 0.05) is 5.39 Å². The standard InChI is InChI=1S/C11H11NO4/c1-16-11(15)10(14)7-5-6-3-2-4-8(13)9(6)12-7/h2-5,10,12-14H,1H3. The van der Waals surface area contributed by atoms with E-state index in [0.717, 1.165) is 5.39 Å². The highest BCUT2D eigenvalue weighted by atomic mass is 16.5. The van der Waals surface area contributed by atoms with Crippen LogP contribution in [0.5, 0.6) is 5.75 Å². The van der Waals surface area contributed by atoms with Gasteiger partial charge in [0.1, 0.15) is 5.75 Å². The van der Waals surface area contributed by atoms with E-state index in [9.17, 15) is 15.0 Å². The Morgan fingerprint density at radius 3 is 2.88 bits per heavy atom. The summed E-state index contributed by atoms with van der Waals surface area (Å²) in [5.41, 5.74) is 0.781. The summed E-state index contributed by atoms with van der Waals surface area (Å²) in [6.45, 7) is 0. The van der Waals surface area contributed by atoms with Gasteiger partial charge in [0.25, 0.3) is 0 Å². The number of nitrogens with one attached hydrogen (secondary N) is 1. The maximum absolute atomic E-state index is 11.1. The monoisotopic (exact) mass is 221 g/mol. The number of aliphatic hydroxyl groups is 1. The molecule has 0 fully saturated rings. The number of aromatic hydroxyl groups is 1. The number of carbonyl (C=O) groups is 1. The van der Waals surface area contributed by atoms with Crippen LogP contribution in [0.25, 0.3) is 10.9 Å². The van der Waals surface area contributed by atoms with Crippen LogP contribution in [-0.2, 0) is 9.53 Å². The minimum Gasteiger partial charge on any atom is -0.506 e. The Hall–Kier alpha value is -2.01. The van der Waals surface area contributed by atoms with Gasteiger partial charge < -0.3 is 19.9 Å². The number of rotatable bonds is 2. The number of esters is 1. The number of para-hydroxylation sites is 1. The molecule has 0 amide bonds. The topological polar surface area (TPSA) is 82.6 Å². The minimum absolute atomic E-state index is 0.0702. The van der Waals surface area contributed by atoms with E-state index in [1.54, 1.807) is 18.2 Å². The first-order valence-corrected chi connectivity index (χ1v) is 4.70. The quantitative estimate of drug-likeness (QED) is 0.663. The fraction of sp³-hybridized carbons (Fsp3) is 0.182. The van der Waals surface area contributed by atoms with Crippen LogP contribution >= 0.6 is 0 Å². The van der Waals surface area contributed by atoms with Crippen molar-refractivity contribution in [3.8, 4) is 5.75 Å². The van der Waals surface area contributed by atoms with Gasteiger partial charge in [-0.15, -0.1) is 0 Å². The molecule has 2 rings (SSSR count). The van der Waals surface area contributed by atoms with E-state index >= 15 is 0 Å². The van der Waals surface area contributed by atoms with Gasteiger partial charge in [-0.1, -0.05) is 12.1 Å². The van der Waals surface area contributed by atoms with Crippen molar-refractivity contribution in [2.45, 2.75) is 6.10 Å². The van der Waals surface area contributed by atoms with Gasteiger partial charge in [-0.05, 0) is 12.1 Å². The highest BCUT2D eigenvalue weighted by Gasteiger charge is 2.20. The number of hydrogen-bond donors (Lipinski definition) is 3. The normalized spacial score (nSPS) is 12.6. The molecule has 1 unspecified atom stereocenters. The number of aromatic amines is 1. The molecule has 1 heterocycles. The van der Waals surface area contributed by atoms with Crippen molar-refractivity contribution in [3.63, 3.8) is 0 Å². The maximum atomic E-state index is 11.1. The van der Waals surface area contributed by atoms with Gasteiger partial charge in [0.2, 0.25) is 0 Å². The molecule has 2 aromatic rings. The molecule has 0 aliphatic rings. The van der Waals surface area contributed by atoms with Crippen LogP contribution in [0.3, 0.4) is 0 Å². The lowest BCUT2D eigenvalue weighted by molar-refractivity contribution is -0.150. The molecule has 3 N–H and O–H groups in total. The van der Waals surface area contributed by atoms with Crippen LogP contribution in [0, 0.1) is 0 Å². The predicted octanol–water partition coefficient (Wildman–Crippen LogP) is 1.08. The second-order valence-corrected chi connectivity index (χ2v) is 3.39. The zero-order chi connectivity index (χ0) is 11.7. The Bertz CT molecular complexity index is 532. The molecular weight excluding hydrogens is 210 g/mol. The van der Waals surface area contributed by atoms with Gasteiger partial charge in [0.05, 0.1) is 18.3 Å². The third-order valence-corrected chi connectivity index (χ3v) is 2.37. The molecule has 0 aliphatic heterocycles. The zero-order valence-electron chi connectivity index (χ0n) is 8.60. The molecule has 5 heteroatoms. The van der Waals surface area contributed by atoms with Crippen molar-refractivity contribution in [2.75, 3.05) is 7.11 Å². The van der Waals surface area contributed by atoms with E-state index in [1.807, 2.05) is 0 Å². The number of methoxy groups -OCH3 is 1. The van der Waals surface area contributed by atoms with Crippen molar-refractivity contribution in [1.82, 2.24) is 4.98 Å². The van der Waals surface area contributed by atoms with Gasteiger partial charge in [0.15, 0.2) is 6.10 Å². The lowest BCUT2D eigenvalue weighted by Gasteiger charge is -2.04. The van der Waals surface area contributed by atoms with Crippen LogP contribution in [0.1, 0.15) is 11.8 Å². The van der Waals surface area contributed by atoms with Crippen molar-refractivity contribution < 1.29 is 19.7 Å². The first-order valence-electron chi connectivity index (χ1n) is 4.70. The summed E-state index contributed by atoms with van der Waals surface area (Å²) in [4.78, 5) is 13.9. The number of fused-ring (bicyclic) bond motifs is 1. The van der Waals surface area contributed by atoms with Crippen molar-refractivity contribution in [3.05, 3.63) is 30.0 Å². The van der Waals surface area contributed by atoms with E-state index in [1.165, 1.54) is 13.2 Å². The Morgan fingerprint density at radius 1 is 1.50 bits per heavy atom. The number of phenolic OH excluding ortho intramolecular Hbond substituents is 1. The molecule has 0 saturated heterocycles. The van der Waals surface area contributed by atoms with E-state index in [2.05, 4.69) is 9.72 Å². The third kappa shape index (κ3) is 1.61. The van der Waals surface area contributed by atoms with E-state index in [4.69, 9.17) is 0 Å². The van der Waals surface area contributed by atoms with Crippen molar-refractivity contribution >= 4 is 16.9 Å². The second-order valence-electron chi connectivity index (χ2n) is 3.39. The highest BCUT2D eigenvalue weighted by Crippen LogP contribution is 2.26. The number of ether oxygens (including phenoxy) is 1. The maximum Gasteiger partial charge on any atom is 0.340 e. The summed E-state index contributed by atoms with van der Waals surface area (Å²) in [5, 5.41) is 19.8. The fourth-order valence-corrected chi connectivity index (χ4v) is 1.55. The SMILES string of the molecule is COC(=O)C(O)c1cc2cccc(O)c2[nH]1. The Morgan fingerprint density at radius 2 is 2.25 bits per heavy atom. The number of aromatic nitrogens is 1. The fourth-order valence-electron chi connectivity index (χ4n) is 1.55. The average Bonchev–Trinajstić information content (AvgIpc) is 2.72. The zero-order valence-corrected chi connectivity index (χ0v) is 8.60. The molecule has 5 nitrogen and oxygen atoms in total.